The van der Waals surface area contributed by atoms with Gasteiger partial charge in [-0.05, 0) is 60.7 Å². The minimum atomic E-state index is 0.873. The summed E-state index contributed by atoms with van der Waals surface area (Å²) in [6.45, 7) is 7.40. The maximum Gasteiger partial charge on any atom is -0.0232 e. The second-order valence-electron chi connectivity index (χ2n) is 6.30. The van der Waals surface area contributed by atoms with Crippen LogP contribution in [0.25, 0.3) is 0 Å². The molecule has 3 rings (SSSR count). The van der Waals surface area contributed by atoms with Crippen molar-refractivity contribution in [3.8, 4) is 0 Å². The molecule has 0 heterocycles. The van der Waals surface area contributed by atoms with Gasteiger partial charge >= 0.3 is 0 Å². The summed E-state index contributed by atoms with van der Waals surface area (Å²) < 4.78 is 0. The van der Waals surface area contributed by atoms with Crippen LogP contribution in [-0.4, -0.2) is 0 Å². The molecule has 5 unspecified atom stereocenters. The Morgan fingerprint density at radius 3 is 2.77 bits per heavy atom. The molecule has 74 valence electrons. The van der Waals surface area contributed by atoms with Crippen LogP contribution in [0.5, 0.6) is 0 Å². The van der Waals surface area contributed by atoms with Crippen LogP contribution < -0.4 is 0 Å². The molecule has 2 bridgehead atoms. The average molecular weight is 178 g/mol. The van der Waals surface area contributed by atoms with Crippen molar-refractivity contribution in [2.75, 3.05) is 0 Å². The van der Waals surface area contributed by atoms with E-state index in [4.69, 9.17) is 0 Å². The van der Waals surface area contributed by atoms with Crippen molar-refractivity contribution in [2.24, 2.45) is 35.0 Å². The van der Waals surface area contributed by atoms with E-state index in [1.54, 1.807) is 25.7 Å². The van der Waals surface area contributed by atoms with Crippen molar-refractivity contribution in [1.82, 2.24) is 0 Å². The maximum atomic E-state index is 2.52. The second-order valence-corrected chi connectivity index (χ2v) is 6.30. The zero-order chi connectivity index (χ0) is 9.22. The normalized spacial score (nSPS) is 58.2. The van der Waals surface area contributed by atoms with Gasteiger partial charge < -0.3 is 0 Å². The highest BCUT2D eigenvalue weighted by Crippen LogP contribution is 2.76. The number of hydrogen-bond acceptors (Lipinski definition) is 0. The first-order chi connectivity index (χ1) is 6.15. The van der Waals surface area contributed by atoms with E-state index < -0.39 is 0 Å². The molecular formula is C13H22. The maximum absolute atomic E-state index is 2.52. The number of fused-ring (bicyclic) bond motifs is 1. The lowest BCUT2D eigenvalue weighted by atomic mass is 9.76. The summed E-state index contributed by atoms with van der Waals surface area (Å²) in [7, 11) is 0. The van der Waals surface area contributed by atoms with Crippen LogP contribution in [0.2, 0.25) is 0 Å². The van der Waals surface area contributed by atoms with Crippen LogP contribution in [0.1, 0.15) is 46.5 Å². The standard InChI is InChI=1S/C13H22/c1-8(2)11-6-10-4-5-13(7-10)9(3)12(11)13/h8-12H,4-7H2,1-3H3. The summed E-state index contributed by atoms with van der Waals surface area (Å²) in [5.41, 5.74) is 0.873. The molecule has 0 nitrogen and oxygen atoms in total. The van der Waals surface area contributed by atoms with Gasteiger partial charge in [0.2, 0.25) is 0 Å². The highest BCUT2D eigenvalue weighted by Gasteiger charge is 2.69. The van der Waals surface area contributed by atoms with Crippen molar-refractivity contribution in [3.05, 3.63) is 0 Å². The van der Waals surface area contributed by atoms with Gasteiger partial charge in [0.15, 0.2) is 0 Å². The van der Waals surface area contributed by atoms with Crippen LogP contribution in [0.4, 0.5) is 0 Å². The molecule has 0 amide bonds. The Bertz CT molecular complexity index is 230. The molecule has 0 saturated heterocycles. The SMILES string of the molecule is CC(C)C1CC2CCC3(C2)C(C)C13. The van der Waals surface area contributed by atoms with Gasteiger partial charge in [-0.2, -0.15) is 0 Å². The lowest BCUT2D eigenvalue weighted by Gasteiger charge is -2.29. The topological polar surface area (TPSA) is 0 Å². The minimum Gasteiger partial charge on any atom is -0.0625 e. The van der Waals surface area contributed by atoms with Crippen molar-refractivity contribution < 1.29 is 0 Å². The van der Waals surface area contributed by atoms with Gasteiger partial charge in [-0.1, -0.05) is 20.8 Å². The first-order valence-corrected chi connectivity index (χ1v) is 6.15. The average Bonchev–Trinajstić information content (AvgIpc) is 2.49. The molecule has 13 heavy (non-hydrogen) atoms. The fourth-order valence-electron chi connectivity index (χ4n) is 4.89. The van der Waals surface area contributed by atoms with E-state index in [1.807, 2.05) is 0 Å². The third-order valence-corrected chi connectivity index (χ3v) is 5.61. The molecule has 3 aliphatic carbocycles. The smallest absolute Gasteiger partial charge is 0.0232 e. The Balaban J connectivity index is 1.89. The van der Waals surface area contributed by atoms with Crippen molar-refractivity contribution in [2.45, 2.75) is 46.5 Å². The van der Waals surface area contributed by atoms with Gasteiger partial charge in [0.05, 0.1) is 0 Å². The summed E-state index contributed by atoms with van der Waals surface area (Å²) in [5.74, 6) is 5.35. The van der Waals surface area contributed by atoms with Crippen LogP contribution in [0, 0.1) is 35.0 Å². The molecule has 3 saturated carbocycles. The monoisotopic (exact) mass is 178 g/mol. The first-order valence-electron chi connectivity index (χ1n) is 6.15. The third-order valence-electron chi connectivity index (χ3n) is 5.61. The van der Waals surface area contributed by atoms with Crippen LogP contribution in [0.15, 0.2) is 0 Å². The van der Waals surface area contributed by atoms with Gasteiger partial charge in [0.1, 0.15) is 0 Å². The van der Waals surface area contributed by atoms with Crippen LogP contribution >= 0.6 is 0 Å². The fraction of sp³-hybridized carbons (Fsp3) is 1.00. The third kappa shape index (κ3) is 0.877. The van der Waals surface area contributed by atoms with Gasteiger partial charge in [0.25, 0.3) is 0 Å². The second kappa shape index (κ2) is 2.32. The summed E-state index contributed by atoms with van der Waals surface area (Å²) >= 11 is 0. The fourth-order valence-corrected chi connectivity index (χ4v) is 4.89. The highest BCUT2D eigenvalue weighted by molar-refractivity contribution is 5.17. The summed E-state index contributed by atoms with van der Waals surface area (Å²) in [6, 6.07) is 0. The quantitative estimate of drug-likeness (QED) is 0.574. The van der Waals surface area contributed by atoms with E-state index in [9.17, 15) is 0 Å². The van der Waals surface area contributed by atoms with E-state index in [-0.39, 0.29) is 0 Å². The molecule has 0 aliphatic heterocycles. The Morgan fingerprint density at radius 1 is 1.31 bits per heavy atom. The zero-order valence-corrected chi connectivity index (χ0v) is 9.22. The first kappa shape index (κ1) is 8.32. The molecule has 0 radical (unpaired) electrons. The highest BCUT2D eigenvalue weighted by atomic mass is 14.7. The molecular weight excluding hydrogens is 156 g/mol. The molecule has 0 N–H and O–H groups in total. The van der Waals surface area contributed by atoms with Crippen LogP contribution in [-0.2, 0) is 0 Å². The molecule has 3 aliphatic rings. The minimum absolute atomic E-state index is 0.873. The molecule has 0 aromatic carbocycles. The predicted molar refractivity (Wildman–Crippen MR) is 55.4 cm³/mol. The van der Waals surface area contributed by atoms with E-state index in [2.05, 4.69) is 20.8 Å². The van der Waals surface area contributed by atoms with E-state index in [0.717, 1.165) is 35.0 Å². The molecule has 3 fully saturated rings. The molecule has 5 atom stereocenters. The molecule has 0 aromatic rings. The summed E-state index contributed by atoms with van der Waals surface area (Å²) in [6.07, 6.45) is 6.30. The van der Waals surface area contributed by atoms with E-state index in [1.165, 1.54) is 0 Å². The Labute approximate surface area is 82.1 Å². The predicted octanol–water partition coefficient (Wildman–Crippen LogP) is 3.71. The van der Waals surface area contributed by atoms with Gasteiger partial charge in [0, 0.05) is 0 Å². The van der Waals surface area contributed by atoms with Crippen LogP contribution in [0.3, 0.4) is 0 Å². The van der Waals surface area contributed by atoms with Gasteiger partial charge in [-0.25, -0.2) is 0 Å². The van der Waals surface area contributed by atoms with E-state index in [0.29, 0.717) is 0 Å². The Morgan fingerprint density at radius 2 is 2.08 bits per heavy atom. The van der Waals surface area contributed by atoms with Crippen molar-refractivity contribution in [3.63, 3.8) is 0 Å². The van der Waals surface area contributed by atoms with Crippen molar-refractivity contribution >= 4 is 0 Å². The van der Waals surface area contributed by atoms with Gasteiger partial charge in [-0.3, -0.25) is 0 Å². The molecule has 0 heteroatoms. The number of rotatable bonds is 1. The lowest BCUT2D eigenvalue weighted by Crippen LogP contribution is -2.21. The van der Waals surface area contributed by atoms with Crippen molar-refractivity contribution in [1.29, 1.82) is 0 Å². The molecule has 1 spiro atoms. The number of hydrogen-bond donors (Lipinski definition) is 0. The lowest BCUT2D eigenvalue weighted by molar-refractivity contribution is 0.199. The van der Waals surface area contributed by atoms with E-state index >= 15 is 0 Å². The summed E-state index contributed by atoms with van der Waals surface area (Å²) in [4.78, 5) is 0. The zero-order valence-electron chi connectivity index (χ0n) is 9.22. The summed E-state index contributed by atoms with van der Waals surface area (Å²) in [5, 5.41) is 0. The molecule has 0 aromatic heterocycles. The Kier molecular flexibility index (Phi) is 1.49. The van der Waals surface area contributed by atoms with Gasteiger partial charge in [-0.15, -0.1) is 0 Å². The largest absolute Gasteiger partial charge is 0.0625 e. The Hall–Kier alpha value is 0.